The van der Waals surface area contributed by atoms with Crippen LogP contribution in [0.3, 0.4) is 0 Å². The molecule has 1 saturated heterocycles. The molecule has 0 atom stereocenters. The Kier molecular flexibility index (Phi) is 9.54. The summed E-state index contributed by atoms with van der Waals surface area (Å²) in [5.74, 6) is 1.14. The van der Waals surface area contributed by atoms with Gasteiger partial charge in [0.2, 0.25) is 0 Å². The zero-order chi connectivity index (χ0) is 25.9. The van der Waals surface area contributed by atoms with Crippen molar-refractivity contribution in [2.24, 2.45) is 5.10 Å². The lowest BCUT2D eigenvalue weighted by Crippen LogP contribution is -2.45. The molecule has 7 heteroatoms. The smallest absolute Gasteiger partial charge is 0.271 e. The van der Waals surface area contributed by atoms with E-state index in [1.807, 2.05) is 49.4 Å². The number of ether oxygens (including phenoxy) is 2. The van der Waals surface area contributed by atoms with Crippen molar-refractivity contribution in [3.8, 4) is 11.5 Å². The van der Waals surface area contributed by atoms with Gasteiger partial charge in [0.15, 0.2) is 11.5 Å². The largest absolute Gasteiger partial charge is 0.490 e. The normalized spacial score (nSPS) is 14.1. The summed E-state index contributed by atoms with van der Waals surface area (Å²) >= 11 is 0. The molecule has 0 bridgehead atoms. The number of anilines is 1. The third kappa shape index (κ3) is 7.57. The van der Waals surface area contributed by atoms with Crippen LogP contribution in [0.15, 0.2) is 77.9 Å². The molecule has 4 rings (SSSR count). The van der Waals surface area contributed by atoms with Gasteiger partial charge >= 0.3 is 0 Å². The highest BCUT2D eigenvalue weighted by Gasteiger charge is 2.17. The molecule has 194 valence electrons. The van der Waals surface area contributed by atoms with Crippen LogP contribution in [0.2, 0.25) is 0 Å². The number of amides is 1. The highest BCUT2D eigenvalue weighted by atomic mass is 16.5. The van der Waals surface area contributed by atoms with Crippen LogP contribution in [0.5, 0.6) is 11.5 Å². The van der Waals surface area contributed by atoms with Crippen LogP contribution in [0, 0.1) is 0 Å². The van der Waals surface area contributed by atoms with Crippen LogP contribution in [-0.2, 0) is 6.54 Å². The standard InChI is InChI=1S/C30H36N4O3/c1-3-20-37-28-15-12-25(21-29(28)36-4-2)22-31-32-30(35)26-13-10-24(11-14-26)23-33-16-18-34(19-17-33)27-8-6-5-7-9-27/h5-15,21-22H,3-4,16-20,23H2,1-2H3,(H,32,35)/b31-22-. The topological polar surface area (TPSA) is 66.4 Å². The Balaban J connectivity index is 1.26. The first kappa shape index (κ1) is 26.2. The maximum absolute atomic E-state index is 12.6. The number of benzene rings is 3. The van der Waals surface area contributed by atoms with Gasteiger partial charge in [-0.2, -0.15) is 5.10 Å². The average molecular weight is 501 g/mol. The van der Waals surface area contributed by atoms with Crippen molar-refractivity contribution in [3.63, 3.8) is 0 Å². The minimum Gasteiger partial charge on any atom is -0.490 e. The Morgan fingerprint density at radius 2 is 1.68 bits per heavy atom. The number of hydrazone groups is 1. The van der Waals surface area contributed by atoms with Gasteiger partial charge in [0.25, 0.3) is 5.91 Å². The number of hydrogen-bond acceptors (Lipinski definition) is 6. The number of piperazine rings is 1. The van der Waals surface area contributed by atoms with Gasteiger partial charge in [-0.3, -0.25) is 9.69 Å². The maximum Gasteiger partial charge on any atom is 0.271 e. The molecule has 1 aliphatic rings. The molecule has 1 aliphatic heterocycles. The Labute approximate surface area is 219 Å². The summed E-state index contributed by atoms with van der Waals surface area (Å²) in [6.07, 6.45) is 2.53. The van der Waals surface area contributed by atoms with Crippen molar-refractivity contribution in [1.29, 1.82) is 0 Å². The molecule has 0 unspecified atom stereocenters. The van der Waals surface area contributed by atoms with E-state index in [0.717, 1.165) is 44.7 Å². The number of nitrogens with zero attached hydrogens (tertiary/aromatic N) is 3. The predicted molar refractivity (Wildman–Crippen MR) is 149 cm³/mol. The van der Waals surface area contributed by atoms with E-state index in [9.17, 15) is 4.79 Å². The van der Waals surface area contributed by atoms with E-state index in [-0.39, 0.29) is 5.91 Å². The summed E-state index contributed by atoms with van der Waals surface area (Å²) in [4.78, 5) is 17.4. The molecule has 1 amide bonds. The molecule has 3 aromatic carbocycles. The molecular formula is C30H36N4O3. The van der Waals surface area contributed by atoms with E-state index in [0.29, 0.717) is 30.3 Å². The van der Waals surface area contributed by atoms with E-state index in [1.54, 1.807) is 6.21 Å². The number of hydrogen-bond donors (Lipinski definition) is 1. The first-order chi connectivity index (χ1) is 18.2. The van der Waals surface area contributed by atoms with Crippen molar-refractivity contribution in [3.05, 3.63) is 89.5 Å². The summed E-state index contributed by atoms with van der Waals surface area (Å²) in [7, 11) is 0. The third-order valence-electron chi connectivity index (χ3n) is 6.22. The summed E-state index contributed by atoms with van der Waals surface area (Å²) in [5, 5.41) is 4.13. The van der Waals surface area contributed by atoms with Gasteiger partial charge in [0.05, 0.1) is 19.4 Å². The molecule has 1 N–H and O–H groups in total. The number of nitrogens with one attached hydrogen (secondary N) is 1. The average Bonchev–Trinajstić information content (AvgIpc) is 2.94. The van der Waals surface area contributed by atoms with Crippen molar-refractivity contribution in [2.75, 3.05) is 44.3 Å². The van der Waals surface area contributed by atoms with Gasteiger partial charge in [-0.05, 0) is 66.9 Å². The molecule has 0 aliphatic carbocycles. The van der Waals surface area contributed by atoms with Gasteiger partial charge in [-0.15, -0.1) is 0 Å². The Morgan fingerprint density at radius 3 is 2.38 bits per heavy atom. The second kappa shape index (κ2) is 13.5. The fourth-order valence-electron chi connectivity index (χ4n) is 4.26. The molecule has 0 radical (unpaired) electrons. The van der Waals surface area contributed by atoms with Gasteiger partial charge < -0.3 is 14.4 Å². The summed E-state index contributed by atoms with van der Waals surface area (Å²) in [6.45, 7) is 10.1. The van der Waals surface area contributed by atoms with Gasteiger partial charge in [-0.25, -0.2) is 5.43 Å². The van der Waals surface area contributed by atoms with Gasteiger partial charge in [0, 0.05) is 44.0 Å². The Hall–Kier alpha value is -3.84. The minimum atomic E-state index is -0.243. The van der Waals surface area contributed by atoms with E-state index < -0.39 is 0 Å². The van der Waals surface area contributed by atoms with Gasteiger partial charge in [0.1, 0.15) is 0 Å². The van der Waals surface area contributed by atoms with Crippen molar-refractivity contribution < 1.29 is 14.3 Å². The molecule has 1 fully saturated rings. The highest BCUT2D eigenvalue weighted by molar-refractivity contribution is 5.95. The van der Waals surface area contributed by atoms with E-state index >= 15 is 0 Å². The zero-order valence-electron chi connectivity index (χ0n) is 21.7. The zero-order valence-corrected chi connectivity index (χ0v) is 21.7. The first-order valence-electron chi connectivity index (χ1n) is 13.0. The number of rotatable bonds is 11. The number of carbonyl (C=O) groups excluding carboxylic acids is 1. The second-order valence-electron chi connectivity index (χ2n) is 8.98. The Bertz CT molecular complexity index is 1160. The molecule has 0 saturated carbocycles. The van der Waals surface area contributed by atoms with E-state index in [1.165, 1.54) is 11.3 Å². The third-order valence-corrected chi connectivity index (χ3v) is 6.22. The molecule has 1 heterocycles. The lowest BCUT2D eigenvalue weighted by atomic mass is 10.1. The second-order valence-corrected chi connectivity index (χ2v) is 8.98. The molecule has 7 nitrogen and oxygen atoms in total. The number of para-hydroxylation sites is 1. The van der Waals surface area contributed by atoms with Crippen LogP contribution >= 0.6 is 0 Å². The van der Waals surface area contributed by atoms with Crippen molar-refractivity contribution >= 4 is 17.8 Å². The predicted octanol–water partition coefficient (Wildman–Crippen LogP) is 4.96. The first-order valence-corrected chi connectivity index (χ1v) is 13.0. The summed E-state index contributed by atoms with van der Waals surface area (Å²) < 4.78 is 11.4. The van der Waals surface area contributed by atoms with Crippen LogP contribution in [0.4, 0.5) is 5.69 Å². The molecule has 0 aromatic heterocycles. The molecule has 3 aromatic rings. The molecule has 37 heavy (non-hydrogen) atoms. The summed E-state index contributed by atoms with van der Waals surface area (Å²) in [5.41, 5.74) is 6.49. The Morgan fingerprint density at radius 1 is 0.919 bits per heavy atom. The molecular weight excluding hydrogens is 464 g/mol. The lowest BCUT2D eigenvalue weighted by molar-refractivity contribution is 0.0955. The maximum atomic E-state index is 12.6. The van der Waals surface area contributed by atoms with E-state index in [2.05, 4.69) is 57.6 Å². The fourth-order valence-corrected chi connectivity index (χ4v) is 4.26. The SMILES string of the molecule is CCCOc1ccc(/C=N\NC(=O)c2ccc(CN3CCN(c4ccccc4)CC3)cc2)cc1OCC. The number of carbonyl (C=O) groups is 1. The van der Waals surface area contributed by atoms with Crippen LogP contribution in [-0.4, -0.2) is 56.4 Å². The molecule has 0 spiro atoms. The fraction of sp³-hybridized carbons (Fsp3) is 0.333. The quantitative estimate of drug-likeness (QED) is 0.298. The lowest BCUT2D eigenvalue weighted by Gasteiger charge is -2.36. The van der Waals surface area contributed by atoms with Crippen molar-refractivity contribution in [2.45, 2.75) is 26.8 Å². The van der Waals surface area contributed by atoms with E-state index in [4.69, 9.17) is 9.47 Å². The summed E-state index contributed by atoms with van der Waals surface area (Å²) in [6, 6.07) is 23.9. The minimum absolute atomic E-state index is 0.243. The van der Waals surface area contributed by atoms with Crippen LogP contribution in [0.25, 0.3) is 0 Å². The monoisotopic (exact) mass is 500 g/mol. The van der Waals surface area contributed by atoms with Gasteiger partial charge in [-0.1, -0.05) is 37.3 Å². The van der Waals surface area contributed by atoms with Crippen molar-refractivity contribution in [1.82, 2.24) is 10.3 Å². The highest BCUT2D eigenvalue weighted by Crippen LogP contribution is 2.28. The van der Waals surface area contributed by atoms with Crippen LogP contribution < -0.4 is 19.8 Å². The van der Waals surface area contributed by atoms with Crippen LogP contribution in [0.1, 0.15) is 41.8 Å².